The van der Waals surface area contributed by atoms with Crippen LogP contribution in [0.5, 0.6) is 0 Å². The van der Waals surface area contributed by atoms with Crippen molar-refractivity contribution in [2.24, 2.45) is 5.73 Å². The molecule has 0 spiro atoms. The van der Waals surface area contributed by atoms with Crippen LogP contribution in [0.1, 0.15) is 11.6 Å². The van der Waals surface area contributed by atoms with E-state index in [1.165, 1.54) is 21.2 Å². The van der Waals surface area contributed by atoms with Crippen LogP contribution in [0.15, 0.2) is 77.7 Å². The van der Waals surface area contributed by atoms with Crippen molar-refractivity contribution in [3.05, 3.63) is 78.4 Å². The molecule has 0 amide bonds. The fourth-order valence-corrected chi connectivity index (χ4v) is 3.18. The number of fused-ring (bicyclic) bond motifs is 1. The highest BCUT2D eigenvalue weighted by molar-refractivity contribution is 7.99. The van der Waals surface area contributed by atoms with Gasteiger partial charge in [-0.15, -0.1) is 11.8 Å². The first kappa shape index (κ1) is 13.2. The molecule has 100 valence electrons. The number of thioether (sulfide) groups is 1. The molecule has 3 aromatic rings. The van der Waals surface area contributed by atoms with Crippen LogP contribution in [0.25, 0.3) is 10.8 Å². The second kappa shape index (κ2) is 6.12. The second-order valence-electron chi connectivity index (χ2n) is 4.84. The van der Waals surface area contributed by atoms with Crippen LogP contribution < -0.4 is 5.73 Å². The lowest BCUT2D eigenvalue weighted by Gasteiger charge is -2.11. The predicted octanol–water partition coefficient (Wildman–Crippen LogP) is 4.63. The van der Waals surface area contributed by atoms with Gasteiger partial charge in [0.1, 0.15) is 0 Å². The number of rotatable bonds is 4. The summed E-state index contributed by atoms with van der Waals surface area (Å²) in [5.74, 6) is 0.891. The minimum Gasteiger partial charge on any atom is -0.323 e. The Hall–Kier alpha value is -1.77. The van der Waals surface area contributed by atoms with E-state index in [2.05, 4.69) is 54.6 Å². The lowest BCUT2D eigenvalue weighted by molar-refractivity contribution is 0.831. The molecule has 0 radical (unpaired) electrons. The van der Waals surface area contributed by atoms with Crippen molar-refractivity contribution in [2.45, 2.75) is 10.9 Å². The summed E-state index contributed by atoms with van der Waals surface area (Å²) < 4.78 is 0. The van der Waals surface area contributed by atoms with Gasteiger partial charge in [0, 0.05) is 16.7 Å². The highest BCUT2D eigenvalue weighted by atomic mass is 32.2. The van der Waals surface area contributed by atoms with E-state index < -0.39 is 0 Å². The summed E-state index contributed by atoms with van der Waals surface area (Å²) in [5, 5.41) is 2.56. The minimum absolute atomic E-state index is 0.0765. The number of nitrogens with two attached hydrogens (primary N) is 1. The Morgan fingerprint density at radius 2 is 1.50 bits per heavy atom. The van der Waals surface area contributed by atoms with Gasteiger partial charge in [-0.3, -0.25) is 0 Å². The van der Waals surface area contributed by atoms with E-state index in [1.807, 2.05) is 30.0 Å². The van der Waals surface area contributed by atoms with Crippen molar-refractivity contribution in [1.82, 2.24) is 0 Å². The van der Waals surface area contributed by atoms with Crippen molar-refractivity contribution >= 4 is 22.5 Å². The number of hydrogen-bond donors (Lipinski definition) is 1. The molecule has 0 unspecified atom stereocenters. The monoisotopic (exact) mass is 279 g/mol. The third-order valence-electron chi connectivity index (χ3n) is 3.38. The summed E-state index contributed by atoms with van der Waals surface area (Å²) in [6, 6.07) is 25.4. The highest BCUT2D eigenvalue weighted by Gasteiger charge is 2.06. The maximum atomic E-state index is 6.23. The Balaban J connectivity index is 1.70. The first-order valence-electron chi connectivity index (χ1n) is 6.75. The zero-order valence-corrected chi connectivity index (χ0v) is 12.0. The molecule has 3 aromatic carbocycles. The molecule has 0 aliphatic rings. The van der Waals surface area contributed by atoms with E-state index >= 15 is 0 Å². The molecule has 0 saturated carbocycles. The zero-order chi connectivity index (χ0) is 13.8. The lowest BCUT2D eigenvalue weighted by atomic mass is 10.1. The van der Waals surface area contributed by atoms with E-state index in [0.29, 0.717) is 0 Å². The van der Waals surface area contributed by atoms with Crippen LogP contribution in [0.3, 0.4) is 0 Å². The molecule has 3 rings (SSSR count). The molecule has 0 heterocycles. The van der Waals surface area contributed by atoms with Crippen molar-refractivity contribution in [2.75, 3.05) is 5.75 Å². The highest BCUT2D eigenvalue weighted by Crippen LogP contribution is 2.26. The number of hydrogen-bond acceptors (Lipinski definition) is 2. The Labute approximate surface area is 123 Å². The van der Waals surface area contributed by atoms with Crippen LogP contribution >= 0.6 is 11.8 Å². The van der Waals surface area contributed by atoms with Crippen LogP contribution in [0.2, 0.25) is 0 Å². The smallest absolute Gasteiger partial charge is 0.0390 e. The Bertz CT molecular complexity index is 694. The Kier molecular flexibility index (Phi) is 4.05. The number of benzene rings is 3. The second-order valence-corrected chi connectivity index (χ2v) is 5.93. The van der Waals surface area contributed by atoms with Crippen LogP contribution in [0, 0.1) is 0 Å². The first-order valence-corrected chi connectivity index (χ1v) is 7.73. The van der Waals surface area contributed by atoms with Gasteiger partial charge in [-0.2, -0.15) is 0 Å². The van der Waals surface area contributed by atoms with Crippen molar-refractivity contribution in [1.29, 1.82) is 0 Å². The van der Waals surface area contributed by atoms with Gasteiger partial charge in [-0.25, -0.2) is 0 Å². The van der Waals surface area contributed by atoms with E-state index in [1.54, 1.807) is 0 Å². The largest absolute Gasteiger partial charge is 0.323 e. The average Bonchev–Trinajstić information content (AvgIpc) is 2.53. The lowest BCUT2D eigenvalue weighted by Crippen LogP contribution is -2.12. The fraction of sp³-hybridized carbons (Fsp3) is 0.111. The van der Waals surface area contributed by atoms with Crippen LogP contribution in [-0.2, 0) is 0 Å². The fourth-order valence-electron chi connectivity index (χ4n) is 2.24. The Morgan fingerprint density at radius 1 is 0.800 bits per heavy atom. The summed E-state index contributed by atoms with van der Waals surface area (Å²) in [6.45, 7) is 0. The van der Waals surface area contributed by atoms with E-state index in [-0.39, 0.29) is 6.04 Å². The summed E-state index contributed by atoms with van der Waals surface area (Å²) in [7, 11) is 0. The molecule has 0 aliphatic carbocycles. The average molecular weight is 279 g/mol. The molecule has 0 aromatic heterocycles. The SMILES string of the molecule is N[C@@H](CSc1ccc2ccccc2c1)c1ccccc1. The molecular weight excluding hydrogens is 262 g/mol. The van der Waals surface area contributed by atoms with Gasteiger partial charge in [0.15, 0.2) is 0 Å². The van der Waals surface area contributed by atoms with Gasteiger partial charge in [0.25, 0.3) is 0 Å². The van der Waals surface area contributed by atoms with Crippen LogP contribution in [0.4, 0.5) is 0 Å². The molecule has 0 bridgehead atoms. The van der Waals surface area contributed by atoms with Crippen molar-refractivity contribution in [3.63, 3.8) is 0 Å². The molecule has 1 atom stereocenters. The summed E-state index contributed by atoms with van der Waals surface area (Å²) >= 11 is 1.81. The van der Waals surface area contributed by atoms with Gasteiger partial charge in [-0.05, 0) is 28.5 Å². The molecule has 2 heteroatoms. The van der Waals surface area contributed by atoms with E-state index in [0.717, 1.165) is 5.75 Å². The quantitative estimate of drug-likeness (QED) is 0.704. The van der Waals surface area contributed by atoms with Gasteiger partial charge in [0.2, 0.25) is 0 Å². The standard InChI is InChI=1S/C18H17NS/c19-18(15-7-2-1-3-8-15)13-20-17-11-10-14-6-4-5-9-16(14)12-17/h1-12,18H,13,19H2/t18-/m0/s1. The first-order chi connectivity index (χ1) is 9.83. The molecule has 20 heavy (non-hydrogen) atoms. The van der Waals surface area contributed by atoms with Gasteiger partial charge >= 0.3 is 0 Å². The third kappa shape index (κ3) is 3.03. The maximum absolute atomic E-state index is 6.23. The van der Waals surface area contributed by atoms with Crippen LogP contribution in [-0.4, -0.2) is 5.75 Å². The Morgan fingerprint density at radius 3 is 2.30 bits per heavy atom. The molecule has 0 fully saturated rings. The molecule has 0 saturated heterocycles. The predicted molar refractivity (Wildman–Crippen MR) is 88.0 cm³/mol. The van der Waals surface area contributed by atoms with Crippen molar-refractivity contribution in [3.8, 4) is 0 Å². The molecular formula is C18H17NS. The van der Waals surface area contributed by atoms with Crippen molar-refractivity contribution < 1.29 is 0 Å². The van der Waals surface area contributed by atoms with Gasteiger partial charge in [-0.1, -0.05) is 60.7 Å². The third-order valence-corrected chi connectivity index (χ3v) is 4.49. The topological polar surface area (TPSA) is 26.0 Å². The summed E-state index contributed by atoms with van der Waals surface area (Å²) in [6.07, 6.45) is 0. The zero-order valence-electron chi connectivity index (χ0n) is 11.2. The summed E-state index contributed by atoms with van der Waals surface area (Å²) in [4.78, 5) is 1.27. The maximum Gasteiger partial charge on any atom is 0.0390 e. The molecule has 1 nitrogen and oxygen atoms in total. The summed E-state index contributed by atoms with van der Waals surface area (Å²) in [5.41, 5.74) is 7.43. The van der Waals surface area contributed by atoms with E-state index in [9.17, 15) is 0 Å². The van der Waals surface area contributed by atoms with E-state index in [4.69, 9.17) is 5.73 Å². The molecule has 2 N–H and O–H groups in total. The van der Waals surface area contributed by atoms with Gasteiger partial charge < -0.3 is 5.73 Å². The minimum atomic E-state index is 0.0765. The van der Waals surface area contributed by atoms with Gasteiger partial charge in [0.05, 0.1) is 0 Å². The normalized spacial score (nSPS) is 12.4. The molecule has 0 aliphatic heterocycles.